The summed E-state index contributed by atoms with van der Waals surface area (Å²) in [6.45, 7) is 6.17. The minimum absolute atomic E-state index is 0.137. The van der Waals surface area contributed by atoms with E-state index in [9.17, 15) is 4.79 Å². The molecule has 0 saturated carbocycles. The van der Waals surface area contributed by atoms with Crippen LogP contribution in [0, 0.1) is 5.92 Å². The number of thioether (sulfide) groups is 1. The number of amides is 2. The third-order valence-corrected chi connectivity index (χ3v) is 4.58. The molecule has 0 fully saturated rings. The quantitative estimate of drug-likeness (QED) is 0.765. The molecule has 0 bridgehead atoms. The highest BCUT2D eigenvalue weighted by Crippen LogP contribution is 2.22. The summed E-state index contributed by atoms with van der Waals surface area (Å²) in [6, 6.07) is 13.8. The van der Waals surface area contributed by atoms with Gasteiger partial charge >= 0.3 is 6.03 Å². The van der Waals surface area contributed by atoms with Crippen LogP contribution in [0.5, 0.6) is 0 Å². The van der Waals surface area contributed by atoms with E-state index in [0.29, 0.717) is 5.92 Å². The fraction of sp³-hybridized carbons (Fsp3) is 0.333. The third-order valence-electron chi connectivity index (χ3n) is 3.57. The molecule has 1 unspecified atom stereocenters. The molecule has 1 aromatic carbocycles. The molecule has 2 aromatic rings. The lowest BCUT2D eigenvalue weighted by atomic mass is 10.1. The molecule has 1 aromatic heterocycles. The van der Waals surface area contributed by atoms with Gasteiger partial charge in [0.15, 0.2) is 0 Å². The highest BCUT2D eigenvalue weighted by Gasteiger charge is 2.10. The standard InChI is InChI=1S/C18H23N3OS/c1-13(2)14(3)20-18(22)21-16-8-6-7-15(11-16)12-23-17-9-4-5-10-19-17/h4-11,13-14H,12H2,1-3H3,(H2,20,21,22). The van der Waals surface area contributed by atoms with Crippen molar-refractivity contribution in [3.8, 4) is 0 Å². The Morgan fingerprint density at radius 2 is 2.00 bits per heavy atom. The van der Waals surface area contributed by atoms with E-state index in [2.05, 4.69) is 35.5 Å². The molecule has 2 N–H and O–H groups in total. The van der Waals surface area contributed by atoms with Gasteiger partial charge in [0.1, 0.15) is 0 Å². The summed E-state index contributed by atoms with van der Waals surface area (Å²) in [6.07, 6.45) is 1.79. The molecule has 122 valence electrons. The summed E-state index contributed by atoms with van der Waals surface area (Å²) in [5.74, 6) is 1.22. The van der Waals surface area contributed by atoms with Crippen molar-refractivity contribution in [1.29, 1.82) is 0 Å². The lowest BCUT2D eigenvalue weighted by molar-refractivity contribution is 0.246. The number of nitrogens with one attached hydrogen (secondary N) is 2. The van der Waals surface area contributed by atoms with Crippen molar-refractivity contribution in [3.63, 3.8) is 0 Å². The van der Waals surface area contributed by atoms with E-state index in [0.717, 1.165) is 22.0 Å². The summed E-state index contributed by atoms with van der Waals surface area (Å²) < 4.78 is 0. The van der Waals surface area contributed by atoms with Gasteiger partial charge in [0.2, 0.25) is 0 Å². The van der Waals surface area contributed by atoms with Crippen molar-refractivity contribution in [1.82, 2.24) is 10.3 Å². The maximum atomic E-state index is 12.0. The number of nitrogens with zero attached hydrogens (tertiary/aromatic N) is 1. The molecule has 0 radical (unpaired) electrons. The highest BCUT2D eigenvalue weighted by molar-refractivity contribution is 7.98. The number of urea groups is 1. The third kappa shape index (κ3) is 5.94. The predicted molar refractivity (Wildman–Crippen MR) is 96.7 cm³/mol. The van der Waals surface area contributed by atoms with E-state index in [-0.39, 0.29) is 12.1 Å². The van der Waals surface area contributed by atoms with Crippen LogP contribution in [0.25, 0.3) is 0 Å². The van der Waals surface area contributed by atoms with Crippen LogP contribution in [0.4, 0.5) is 10.5 Å². The summed E-state index contributed by atoms with van der Waals surface area (Å²) >= 11 is 1.68. The number of hydrogen-bond donors (Lipinski definition) is 2. The SMILES string of the molecule is CC(C)C(C)NC(=O)Nc1cccc(CSc2ccccn2)c1. The molecule has 4 nitrogen and oxygen atoms in total. The van der Waals surface area contributed by atoms with Gasteiger partial charge < -0.3 is 10.6 Å². The zero-order valence-electron chi connectivity index (χ0n) is 13.7. The Balaban J connectivity index is 1.90. The first kappa shape index (κ1) is 17.3. The van der Waals surface area contributed by atoms with Crippen LogP contribution < -0.4 is 10.6 Å². The van der Waals surface area contributed by atoms with Gasteiger partial charge in [0, 0.05) is 23.7 Å². The largest absolute Gasteiger partial charge is 0.335 e. The average Bonchev–Trinajstić information content (AvgIpc) is 2.54. The van der Waals surface area contributed by atoms with Crippen molar-refractivity contribution in [2.75, 3.05) is 5.32 Å². The summed E-state index contributed by atoms with van der Waals surface area (Å²) in [5, 5.41) is 6.83. The van der Waals surface area contributed by atoms with Crippen LogP contribution in [0.2, 0.25) is 0 Å². The number of carbonyl (C=O) groups excluding carboxylic acids is 1. The number of benzene rings is 1. The Bertz CT molecular complexity index is 631. The highest BCUT2D eigenvalue weighted by atomic mass is 32.2. The number of pyridine rings is 1. The van der Waals surface area contributed by atoms with Gasteiger partial charge in [-0.05, 0) is 42.7 Å². The van der Waals surface area contributed by atoms with Gasteiger partial charge in [-0.3, -0.25) is 0 Å². The molecule has 0 saturated heterocycles. The summed E-state index contributed by atoms with van der Waals surface area (Å²) in [4.78, 5) is 16.3. The normalized spacial score (nSPS) is 12.0. The molecular weight excluding hydrogens is 306 g/mol. The van der Waals surface area contributed by atoms with E-state index < -0.39 is 0 Å². The van der Waals surface area contributed by atoms with Gasteiger partial charge in [-0.1, -0.05) is 32.0 Å². The first-order valence-electron chi connectivity index (χ1n) is 7.75. The average molecular weight is 329 g/mol. The zero-order valence-corrected chi connectivity index (χ0v) is 14.6. The second-order valence-electron chi connectivity index (χ2n) is 5.79. The Kier molecular flexibility index (Phi) is 6.47. The van der Waals surface area contributed by atoms with Gasteiger partial charge in [-0.2, -0.15) is 0 Å². The maximum absolute atomic E-state index is 12.0. The van der Waals surface area contributed by atoms with Crippen LogP contribution in [-0.4, -0.2) is 17.1 Å². The van der Waals surface area contributed by atoms with E-state index in [1.54, 1.807) is 18.0 Å². The number of hydrogen-bond acceptors (Lipinski definition) is 3. The zero-order chi connectivity index (χ0) is 16.7. The van der Waals surface area contributed by atoms with Crippen LogP contribution in [0.3, 0.4) is 0 Å². The minimum atomic E-state index is -0.166. The number of anilines is 1. The van der Waals surface area contributed by atoms with E-state index >= 15 is 0 Å². The van der Waals surface area contributed by atoms with Gasteiger partial charge in [-0.15, -0.1) is 11.8 Å². The molecule has 1 atom stereocenters. The maximum Gasteiger partial charge on any atom is 0.319 e. The first-order chi connectivity index (χ1) is 11.0. The molecule has 23 heavy (non-hydrogen) atoms. The molecule has 0 aliphatic heterocycles. The molecule has 0 spiro atoms. The Hall–Kier alpha value is -2.01. The first-order valence-corrected chi connectivity index (χ1v) is 8.73. The fourth-order valence-corrected chi connectivity index (χ4v) is 2.67. The van der Waals surface area contributed by atoms with Crippen molar-refractivity contribution in [2.45, 2.75) is 37.6 Å². The van der Waals surface area contributed by atoms with Gasteiger partial charge in [-0.25, -0.2) is 9.78 Å². The monoisotopic (exact) mass is 329 g/mol. The molecule has 1 heterocycles. The summed E-state index contributed by atoms with van der Waals surface area (Å²) in [5.41, 5.74) is 1.95. The number of aromatic nitrogens is 1. The molecule has 2 rings (SSSR count). The fourth-order valence-electron chi connectivity index (χ4n) is 1.87. The Labute approximate surface area is 142 Å². The smallest absolute Gasteiger partial charge is 0.319 e. The van der Waals surface area contributed by atoms with E-state index in [1.165, 1.54) is 0 Å². The molecule has 0 aliphatic carbocycles. The van der Waals surface area contributed by atoms with Crippen molar-refractivity contribution in [2.24, 2.45) is 5.92 Å². The van der Waals surface area contributed by atoms with Crippen LogP contribution in [0.1, 0.15) is 26.3 Å². The van der Waals surface area contributed by atoms with Crippen LogP contribution >= 0.6 is 11.8 Å². The molecule has 5 heteroatoms. The Morgan fingerprint density at radius 1 is 1.17 bits per heavy atom. The van der Waals surface area contributed by atoms with Crippen LogP contribution in [-0.2, 0) is 5.75 Å². The number of carbonyl (C=O) groups is 1. The second-order valence-corrected chi connectivity index (χ2v) is 6.78. The minimum Gasteiger partial charge on any atom is -0.335 e. The number of rotatable bonds is 6. The van der Waals surface area contributed by atoms with Crippen molar-refractivity contribution >= 4 is 23.5 Å². The summed E-state index contributed by atoms with van der Waals surface area (Å²) in [7, 11) is 0. The lowest BCUT2D eigenvalue weighted by Gasteiger charge is -2.18. The molecule has 0 aliphatic rings. The lowest BCUT2D eigenvalue weighted by Crippen LogP contribution is -2.38. The topological polar surface area (TPSA) is 54.0 Å². The second kappa shape index (κ2) is 8.58. The molecule has 2 amide bonds. The van der Waals surface area contributed by atoms with Crippen molar-refractivity contribution < 1.29 is 4.79 Å². The van der Waals surface area contributed by atoms with Gasteiger partial charge in [0.05, 0.1) is 5.03 Å². The van der Waals surface area contributed by atoms with Gasteiger partial charge in [0.25, 0.3) is 0 Å². The van der Waals surface area contributed by atoms with E-state index in [4.69, 9.17) is 0 Å². The van der Waals surface area contributed by atoms with E-state index in [1.807, 2.05) is 43.3 Å². The predicted octanol–water partition coefficient (Wildman–Crippen LogP) is 4.54. The Morgan fingerprint density at radius 3 is 2.70 bits per heavy atom. The van der Waals surface area contributed by atoms with Crippen molar-refractivity contribution in [3.05, 3.63) is 54.2 Å². The molecular formula is C18H23N3OS. The van der Waals surface area contributed by atoms with Crippen LogP contribution in [0.15, 0.2) is 53.7 Å².